The van der Waals surface area contributed by atoms with E-state index in [0.717, 1.165) is 19.4 Å². The molecule has 1 unspecified atom stereocenters. The molecule has 0 bridgehead atoms. The van der Waals surface area contributed by atoms with Crippen LogP contribution in [0.15, 0.2) is 24.3 Å². The van der Waals surface area contributed by atoms with Gasteiger partial charge in [-0.3, -0.25) is 4.79 Å². The molecule has 0 aliphatic carbocycles. The fourth-order valence-electron chi connectivity index (χ4n) is 3.04. The maximum Gasteiger partial charge on any atom is 0.333 e. The SMILES string of the molecule is C=C(CC1CO1)C(=O)OC.CCCCCCCC/C=C\CCCCCCCC(=O)O. The zero-order chi connectivity index (χ0) is 22.5. The number of esters is 1. The van der Waals surface area contributed by atoms with Gasteiger partial charge >= 0.3 is 11.9 Å². The summed E-state index contributed by atoms with van der Waals surface area (Å²) in [5.74, 6) is -1.00. The number of carboxylic acids is 1. The molecule has 1 rings (SSSR count). The van der Waals surface area contributed by atoms with Gasteiger partial charge in [0.25, 0.3) is 0 Å². The van der Waals surface area contributed by atoms with E-state index in [4.69, 9.17) is 9.84 Å². The number of carbonyl (C=O) groups excluding carboxylic acids is 1. The zero-order valence-corrected chi connectivity index (χ0v) is 19.3. The van der Waals surface area contributed by atoms with Crippen LogP contribution in [0.5, 0.6) is 0 Å². The Morgan fingerprint density at radius 1 is 0.967 bits per heavy atom. The molecule has 0 aromatic rings. The molecular formula is C25H44O5. The number of rotatable bonds is 18. The lowest BCUT2D eigenvalue weighted by molar-refractivity contribution is -0.137. The van der Waals surface area contributed by atoms with Gasteiger partial charge < -0.3 is 14.6 Å². The van der Waals surface area contributed by atoms with Gasteiger partial charge in [-0.05, 0) is 32.1 Å². The van der Waals surface area contributed by atoms with Crippen LogP contribution in [-0.4, -0.2) is 36.9 Å². The lowest BCUT2D eigenvalue weighted by Crippen LogP contribution is -2.05. The van der Waals surface area contributed by atoms with Gasteiger partial charge in [-0.2, -0.15) is 0 Å². The van der Waals surface area contributed by atoms with E-state index in [9.17, 15) is 9.59 Å². The van der Waals surface area contributed by atoms with Crippen molar-refractivity contribution in [2.45, 2.75) is 109 Å². The normalized spacial score (nSPS) is 14.8. The van der Waals surface area contributed by atoms with E-state index in [1.54, 1.807) is 0 Å². The van der Waals surface area contributed by atoms with Crippen molar-refractivity contribution in [2.24, 2.45) is 0 Å². The first-order valence-corrected chi connectivity index (χ1v) is 11.8. The minimum Gasteiger partial charge on any atom is -0.481 e. The maximum absolute atomic E-state index is 10.7. The summed E-state index contributed by atoms with van der Waals surface area (Å²) in [5.41, 5.74) is 0.491. The van der Waals surface area contributed by atoms with Gasteiger partial charge in [0.15, 0.2) is 0 Å². The summed E-state index contributed by atoms with van der Waals surface area (Å²) >= 11 is 0. The molecule has 1 aliphatic heterocycles. The second kappa shape index (κ2) is 20.6. The van der Waals surface area contributed by atoms with Crippen LogP contribution in [-0.2, 0) is 19.1 Å². The standard InChI is InChI=1S/C18H34O2.C7H10O3/c1-2-3-4-5-6-7-8-9-10-11-12-13-14-15-16-17-18(19)20;1-5(7(8)9-2)3-6-4-10-6/h9-10H,2-8,11-17H2,1H3,(H,19,20);6H,1,3-4H2,2H3/b10-9-;. The smallest absolute Gasteiger partial charge is 0.333 e. The molecule has 0 aromatic carbocycles. The quantitative estimate of drug-likeness (QED) is 0.0880. The van der Waals surface area contributed by atoms with Crippen LogP contribution >= 0.6 is 0 Å². The Morgan fingerprint density at radius 2 is 1.47 bits per heavy atom. The third-order valence-electron chi connectivity index (χ3n) is 5.00. The average Bonchev–Trinajstić information content (AvgIpc) is 3.54. The summed E-state index contributed by atoms with van der Waals surface area (Å²) in [5, 5.41) is 8.51. The molecule has 0 amide bonds. The lowest BCUT2D eigenvalue weighted by atomic mass is 10.1. The molecule has 1 N–H and O–H groups in total. The number of methoxy groups -OCH3 is 1. The van der Waals surface area contributed by atoms with Gasteiger partial charge in [0.05, 0.1) is 19.8 Å². The molecule has 1 saturated heterocycles. The van der Waals surface area contributed by atoms with E-state index in [0.29, 0.717) is 18.4 Å². The third-order valence-corrected chi connectivity index (χ3v) is 5.00. The highest BCUT2D eigenvalue weighted by atomic mass is 16.6. The predicted molar refractivity (Wildman–Crippen MR) is 123 cm³/mol. The molecule has 0 radical (unpaired) electrons. The fraction of sp³-hybridized carbons (Fsp3) is 0.760. The number of epoxide rings is 1. The monoisotopic (exact) mass is 424 g/mol. The number of hydrogen-bond donors (Lipinski definition) is 1. The number of carbonyl (C=O) groups is 2. The third kappa shape index (κ3) is 21.1. The Morgan fingerprint density at radius 3 is 1.93 bits per heavy atom. The topological polar surface area (TPSA) is 76.1 Å². The van der Waals surface area contributed by atoms with Gasteiger partial charge in [-0.1, -0.05) is 77.0 Å². The number of carboxylic acid groups (broad SMARTS) is 1. The van der Waals surface area contributed by atoms with Crippen molar-refractivity contribution in [2.75, 3.05) is 13.7 Å². The highest BCUT2D eigenvalue weighted by Gasteiger charge is 2.25. The first-order valence-electron chi connectivity index (χ1n) is 11.8. The van der Waals surface area contributed by atoms with Gasteiger partial charge in [0.2, 0.25) is 0 Å². The van der Waals surface area contributed by atoms with Crippen molar-refractivity contribution in [3.8, 4) is 0 Å². The van der Waals surface area contributed by atoms with E-state index < -0.39 is 5.97 Å². The van der Waals surface area contributed by atoms with Crippen molar-refractivity contribution >= 4 is 11.9 Å². The molecule has 0 spiro atoms. The summed E-state index contributed by atoms with van der Waals surface area (Å²) in [6.07, 6.45) is 22.1. The maximum atomic E-state index is 10.7. The number of hydrogen-bond acceptors (Lipinski definition) is 4. The predicted octanol–water partition coefficient (Wildman–Crippen LogP) is 6.61. The zero-order valence-electron chi connectivity index (χ0n) is 19.3. The van der Waals surface area contributed by atoms with Crippen LogP contribution in [0, 0.1) is 0 Å². The molecule has 1 aliphatic rings. The summed E-state index contributed by atoms with van der Waals surface area (Å²) in [7, 11) is 1.35. The molecule has 30 heavy (non-hydrogen) atoms. The molecule has 1 heterocycles. The Hall–Kier alpha value is -1.62. The van der Waals surface area contributed by atoms with Crippen LogP contribution in [0.3, 0.4) is 0 Å². The van der Waals surface area contributed by atoms with Gasteiger partial charge in [-0.25, -0.2) is 4.79 Å². The molecule has 174 valence electrons. The van der Waals surface area contributed by atoms with Crippen molar-refractivity contribution in [1.29, 1.82) is 0 Å². The van der Waals surface area contributed by atoms with Crippen molar-refractivity contribution in [3.63, 3.8) is 0 Å². The second-order valence-electron chi connectivity index (χ2n) is 7.98. The van der Waals surface area contributed by atoms with Crippen LogP contribution in [0.25, 0.3) is 0 Å². The number of ether oxygens (including phenoxy) is 2. The van der Waals surface area contributed by atoms with Crippen molar-refractivity contribution in [3.05, 3.63) is 24.3 Å². The average molecular weight is 425 g/mol. The first kappa shape index (κ1) is 28.4. The Balaban J connectivity index is 0.000000696. The summed E-state index contributed by atoms with van der Waals surface area (Å²) in [6.45, 7) is 6.56. The molecular weight excluding hydrogens is 380 g/mol. The molecule has 1 atom stereocenters. The van der Waals surface area contributed by atoms with Crippen LogP contribution in [0.2, 0.25) is 0 Å². The Labute approximate surface area is 183 Å². The molecule has 0 aromatic heterocycles. The highest BCUT2D eigenvalue weighted by Crippen LogP contribution is 2.18. The summed E-state index contributed by atoms with van der Waals surface area (Å²) in [4.78, 5) is 21.0. The highest BCUT2D eigenvalue weighted by molar-refractivity contribution is 5.87. The van der Waals surface area contributed by atoms with Crippen molar-refractivity contribution in [1.82, 2.24) is 0 Å². The van der Waals surface area contributed by atoms with Gasteiger partial charge in [-0.15, -0.1) is 0 Å². The summed E-state index contributed by atoms with van der Waals surface area (Å²) in [6, 6.07) is 0. The van der Waals surface area contributed by atoms with E-state index in [2.05, 4.69) is 30.4 Å². The Bertz CT molecular complexity index is 480. The number of allylic oxidation sites excluding steroid dienone is 2. The number of aliphatic carboxylic acids is 1. The largest absolute Gasteiger partial charge is 0.481 e. The van der Waals surface area contributed by atoms with E-state index >= 15 is 0 Å². The minimum absolute atomic E-state index is 0.214. The molecule has 5 nitrogen and oxygen atoms in total. The van der Waals surface area contributed by atoms with Gasteiger partial charge in [0.1, 0.15) is 0 Å². The number of unbranched alkanes of at least 4 members (excludes halogenated alkanes) is 11. The van der Waals surface area contributed by atoms with E-state index in [1.165, 1.54) is 77.7 Å². The van der Waals surface area contributed by atoms with E-state index in [1.807, 2.05) is 0 Å². The van der Waals surface area contributed by atoms with E-state index in [-0.39, 0.29) is 12.1 Å². The molecule has 1 fully saturated rings. The van der Waals surface area contributed by atoms with Crippen LogP contribution in [0.1, 0.15) is 103 Å². The minimum atomic E-state index is -0.664. The lowest BCUT2D eigenvalue weighted by Gasteiger charge is -1.99. The summed E-state index contributed by atoms with van der Waals surface area (Å²) < 4.78 is 9.35. The fourth-order valence-corrected chi connectivity index (χ4v) is 3.04. The Kier molecular flexibility index (Phi) is 19.5. The van der Waals surface area contributed by atoms with Crippen LogP contribution in [0.4, 0.5) is 0 Å². The second-order valence-corrected chi connectivity index (χ2v) is 7.98. The molecule has 5 heteroatoms. The first-order chi connectivity index (χ1) is 14.5. The molecule has 0 saturated carbocycles. The van der Waals surface area contributed by atoms with Crippen LogP contribution < -0.4 is 0 Å². The van der Waals surface area contributed by atoms with Gasteiger partial charge in [0, 0.05) is 18.4 Å². The van der Waals surface area contributed by atoms with Crippen molar-refractivity contribution < 1.29 is 24.2 Å².